The molecule has 1 saturated heterocycles. The zero-order chi connectivity index (χ0) is 18.7. The average Bonchev–Trinajstić information content (AvgIpc) is 3.45. The van der Waals surface area contributed by atoms with Gasteiger partial charge in [-0.25, -0.2) is 0 Å². The zero-order valence-electron chi connectivity index (χ0n) is 15.5. The van der Waals surface area contributed by atoms with Crippen molar-refractivity contribution in [3.8, 4) is 0 Å². The fraction of sp³-hybridized carbons (Fsp3) is 0.579. The summed E-state index contributed by atoms with van der Waals surface area (Å²) in [6, 6.07) is 5.84. The van der Waals surface area contributed by atoms with Crippen LogP contribution in [-0.4, -0.2) is 50.2 Å². The van der Waals surface area contributed by atoms with Crippen molar-refractivity contribution in [2.45, 2.75) is 38.8 Å². The van der Waals surface area contributed by atoms with Crippen LogP contribution in [0.4, 0.5) is 11.4 Å². The van der Waals surface area contributed by atoms with E-state index in [-0.39, 0.29) is 29.8 Å². The first-order valence-corrected chi connectivity index (χ1v) is 9.30. The molecule has 2 aliphatic rings. The van der Waals surface area contributed by atoms with Gasteiger partial charge >= 0.3 is 0 Å². The van der Waals surface area contributed by atoms with E-state index in [9.17, 15) is 9.59 Å². The molecule has 0 bridgehead atoms. The summed E-state index contributed by atoms with van der Waals surface area (Å²) in [4.78, 5) is 26.9. The molecule has 0 radical (unpaired) electrons. The Balaban J connectivity index is 1.91. The Morgan fingerprint density at radius 3 is 2.54 bits per heavy atom. The molecule has 4 N–H and O–H groups in total. The second kappa shape index (κ2) is 8.05. The quantitative estimate of drug-likeness (QED) is 0.711. The first kappa shape index (κ1) is 18.7. The minimum atomic E-state index is -0.188. The molecule has 26 heavy (non-hydrogen) atoms. The normalized spacial score (nSPS) is 22.8. The van der Waals surface area contributed by atoms with Gasteiger partial charge in [0.1, 0.15) is 0 Å². The summed E-state index contributed by atoms with van der Waals surface area (Å²) in [7, 11) is 0. The van der Waals surface area contributed by atoms with Crippen molar-refractivity contribution < 1.29 is 14.3 Å². The number of benzene rings is 1. The molecule has 3 rings (SSSR count). The molecule has 0 spiro atoms. The molecule has 2 atom stereocenters. The number of ether oxygens (including phenoxy) is 1. The van der Waals surface area contributed by atoms with Crippen molar-refractivity contribution in [3.05, 3.63) is 23.8 Å². The van der Waals surface area contributed by atoms with Crippen molar-refractivity contribution in [2.24, 2.45) is 11.7 Å². The fourth-order valence-corrected chi connectivity index (χ4v) is 3.35. The summed E-state index contributed by atoms with van der Waals surface area (Å²) in [5, 5.41) is 5.81. The molecule has 1 saturated carbocycles. The number of nitrogens with one attached hydrogen (secondary N) is 2. The molecule has 142 valence electrons. The van der Waals surface area contributed by atoms with Gasteiger partial charge in [0, 0.05) is 36.7 Å². The molecule has 7 nitrogen and oxygen atoms in total. The Hall–Kier alpha value is -2.12. The lowest BCUT2D eigenvalue weighted by Gasteiger charge is -2.41. The van der Waals surface area contributed by atoms with Gasteiger partial charge in [0.25, 0.3) is 5.91 Å². The number of nitrogens with two attached hydrogens (primary N) is 1. The highest BCUT2D eigenvalue weighted by molar-refractivity contribution is 6.01. The molecule has 2 fully saturated rings. The number of rotatable bonds is 6. The number of hydrogen-bond acceptors (Lipinski definition) is 5. The number of carbonyl (C=O) groups is 2. The van der Waals surface area contributed by atoms with E-state index < -0.39 is 0 Å². The summed E-state index contributed by atoms with van der Waals surface area (Å²) >= 11 is 0. The average molecular weight is 360 g/mol. The molecule has 1 aliphatic carbocycles. The number of nitrogens with zero attached hydrogens (tertiary/aromatic N) is 1. The molecular weight excluding hydrogens is 332 g/mol. The van der Waals surface area contributed by atoms with Gasteiger partial charge in [-0.15, -0.1) is 0 Å². The van der Waals surface area contributed by atoms with Crippen LogP contribution in [0.3, 0.4) is 0 Å². The monoisotopic (exact) mass is 360 g/mol. The van der Waals surface area contributed by atoms with E-state index in [2.05, 4.69) is 29.4 Å². The first-order valence-electron chi connectivity index (χ1n) is 9.30. The summed E-state index contributed by atoms with van der Waals surface area (Å²) in [5.74, 6) is -0.0663. The molecule has 1 aromatic rings. The van der Waals surface area contributed by atoms with Crippen LogP contribution in [0.2, 0.25) is 0 Å². The molecule has 1 heterocycles. The van der Waals surface area contributed by atoms with E-state index in [1.165, 1.54) is 0 Å². The molecule has 1 aromatic carbocycles. The van der Waals surface area contributed by atoms with Crippen LogP contribution < -0.4 is 21.3 Å². The molecule has 7 heteroatoms. The number of amides is 2. The van der Waals surface area contributed by atoms with E-state index in [1.807, 2.05) is 6.07 Å². The molecule has 1 aliphatic heterocycles. The van der Waals surface area contributed by atoms with E-state index in [4.69, 9.17) is 10.5 Å². The summed E-state index contributed by atoms with van der Waals surface area (Å²) in [5.41, 5.74) is 7.58. The van der Waals surface area contributed by atoms with Crippen molar-refractivity contribution in [1.82, 2.24) is 5.32 Å². The molecular formula is C19H28N4O3. The van der Waals surface area contributed by atoms with Gasteiger partial charge in [-0.3, -0.25) is 9.59 Å². The topological polar surface area (TPSA) is 96.7 Å². The van der Waals surface area contributed by atoms with Gasteiger partial charge < -0.3 is 26.0 Å². The Kier molecular flexibility index (Phi) is 5.78. The second-order valence-corrected chi connectivity index (χ2v) is 7.18. The van der Waals surface area contributed by atoms with Crippen LogP contribution in [0.15, 0.2) is 18.2 Å². The van der Waals surface area contributed by atoms with Crippen LogP contribution in [0, 0.1) is 5.92 Å². The highest BCUT2D eigenvalue weighted by Crippen LogP contribution is 2.35. The Morgan fingerprint density at radius 2 is 1.92 bits per heavy atom. The summed E-state index contributed by atoms with van der Waals surface area (Å²) in [6.45, 7) is 6.28. The van der Waals surface area contributed by atoms with Crippen LogP contribution in [-0.2, 0) is 9.53 Å². The molecule has 0 aromatic heterocycles. The van der Waals surface area contributed by atoms with Crippen LogP contribution in [0.1, 0.15) is 37.0 Å². The predicted octanol–water partition coefficient (Wildman–Crippen LogP) is 1.34. The van der Waals surface area contributed by atoms with Crippen LogP contribution in [0.25, 0.3) is 0 Å². The standard InChI is InChI=1S/C19H28N4O3/c1-12-10-26-11-13(2)23(12)17-6-5-15(18(24)21-8-7-20)9-16(17)22-19(25)14-3-4-14/h5-6,9,12-14H,3-4,7-8,10-11,20H2,1-2H3,(H,21,24)(H,22,25). The number of morpholine rings is 1. The van der Waals surface area contributed by atoms with Crippen molar-refractivity contribution in [1.29, 1.82) is 0 Å². The maximum absolute atomic E-state index is 12.4. The number of anilines is 2. The van der Waals surface area contributed by atoms with E-state index in [1.54, 1.807) is 12.1 Å². The van der Waals surface area contributed by atoms with Crippen LogP contribution >= 0.6 is 0 Å². The van der Waals surface area contributed by atoms with E-state index >= 15 is 0 Å². The third kappa shape index (κ3) is 4.16. The molecule has 2 amide bonds. The third-order valence-corrected chi connectivity index (χ3v) is 4.84. The largest absolute Gasteiger partial charge is 0.377 e. The van der Waals surface area contributed by atoms with Gasteiger partial charge in [-0.05, 0) is 44.9 Å². The van der Waals surface area contributed by atoms with Gasteiger partial charge in [-0.2, -0.15) is 0 Å². The van der Waals surface area contributed by atoms with Gasteiger partial charge in [-0.1, -0.05) is 0 Å². The highest BCUT2D eigenvalue weighted by Gasteiger charge is 2.32. The second-order valence-electron chi connectivity index (χ2n) is 7.18. The maximum Gasteiger partial charge on any atom is 0.251 e. The SMILES string of the molecule is CC1COCC(C)N1c1ccc(C(=O)NCCN)cc1NC(=O)C1CC1. The minimum Gasteiger partial charge on any atom is -0.377 e. The Labute approximate surface area is 154 Å². The smallest absolute Gasteiger partial charge is 0.251 e. The summed E-state index contributed by atoms with van der Waals surface area (Å²) in [6.07, 6.45) is 1.87. The lowest BCUT2D eigenvalue weighted by molar-refractivity contribution is -0.117. The van der Waals surface area contributed by atoms with Crippen molar-refractivity contribution >= 4 is 23.2 Å². The fourth-order valence-electron chi connectivity index (χ4n) is 3.35. The first-order chi connectivity index (χ1) is 12.5. The van der Waals surface area contributed by atoms with Crippen molar-refractivity contribution in [2.75, 3.05) is 36.5 Å². The number of carbonyl (C=O) groups excluding carboxylic acids is 2. The zero-order valence-corrected chi connectivity index (χ0v) is 15.5. The minimum absolute atomic E-state index is 0.0272. The Morgan fingerprint density at radius 1 is 1.23 bits per heavy atom. The Bertz CT molecular complexity index is 665. The van der Waals surface area contributed by atoms with Gasteiger partial charge in [0.2, 0.25) is 5.91 Å². The summed E-state index contributed by atoms with van der Waals surface area (Å²) < 4.78 is 5.62. The van der Waals surface area contributed by atoms with Gasteiger partial charge in [0.15, 0.2) is 0 Å². The third-order valence-electron chi connectivity index (χ3n) is 4.84. The van der Waals surface area contributed by atoms with Gasteiger partial charge in [0.05, 0.1) is 24.6 Å². The maximum atomic E-state index is 12.4. The van der Waals surface area contributed by atoms with Crippen LogP contribution in [0.5, 0.6) is 0 Å². The lowest BCUT2D eigenvalue weighted by atomic mass is 10.1. The van der Waals surface area contributed by atoms with Crippen molar-refractivity contribution in [3.63, 3.8) is 0 Å². The molecule has 2 unspecified atom stereocenters. The predicted molar refractivity (Wildman–Crippen MR) is 101 cm³/mol. The highest BCUT2D eigenvalue weighted by atomic mass is 16.5. The van der Waals surface area contributed by atoms with E-state index in [0.29, 0.717) is 37.6 Å². The lowest BCUT2D eigenvalue weighted by Crippen LogP contribution is -2.50. The van der Waals surface area contributed by atoms with E-state index in [0.717, 1.165) is 18.5 Å². The number of hydrogen-bond donors (Lipinski definition) is 3.